The van der Waals surface area contributed by atoms with E-state index in [0.29, 0.717) is 30.8 Å². The number of methoxy groups -OCH3 is 1. The van der Waals surface area contributed by atoms with Gasteiger partial charge in [0.05, 0.1) is 18.8 Å². The van der Waals surface area contributed by atoms with Gasteiger partial charge in [0.25, 0.3) is 0 Å². The molecule has 1 aliphatic rings. The molecule has 0 spiro atoms. The molecule has 0 bridgehead atoms. The second-order valence-corrected chi connectivity index (χ2v) is 9.07. The van der Waals surface area contributed by atoms with E-state index in [9.17, 15) is 13.2 Å². The molecule has 1 atom stereocenters. The van der Waals surface area contributed by atoms with Gasteiger partial charge >= 0.3 is 0 Å². The maximum atomic E-state index is 12.9. The van der Waals surface area contributed by atoms with Gasteiger partial charge in [-0.3, -0.25) is 4.79 Å². The van der Waals surface area contributed by atoms with Crippen molar-refractivity contribution >= 4 is 21.6 Å². The SMILES string of the molecule is COc1ccc(NC(=O)[C@H]2CCCN(S(=O)(=O)Cc3ccccc3C)C2)cc1. The van der Waals surface area contributed by atoms with Crippen LogP contribution in [-0.2, 0) is 20.6 Å². The summed E-state index contributed by atoms with van der Waals surface area (Å²) in [7, 11) is -1.89. The Balaban J connectivity index is 1.65. The van der Waals surface area contributed by atoms with Crippen LogP contribution in [0.5, 0.6) is 5.75 Å². The van der Waals surface area contributed by atoms with Crippen molar-refractivity contribution < 1.29 is 17.9 Å². The summed E-state index contributed by atoms with van der Waals surface area (Å²) in [6.07, 6.45) is 1.35. The zero-order valence-electron chi connectivity index (χ0n) is 16.2. The monoisotopic (exact) mass is 402 g/mol. The number of sulfonamides is 1. The second kappa shape index (κ2) is 8.75. The summed E-state index contributed by atoms with van der Waals surface area (Å²) in [6, 6.07) is 14.6. The van der Waals surface area contributed by atoms with Gasteiger partial charge in [0.1, 0.15) is 5.75 Å². The first-order valence-electron chi connectivity index (χ1n) is 9.36. The minimum atomic E-state index is -3.47. The Labute approximate surface area is 166 Å². The molecule has 7 heteroatoms. The van der Waals surface area contributed by atoms with Crippen molar-refractivity contribution in [2.45, 2.75) is 25.5 Å². The van der Waals surface area contributed by atoms with Crippen LogP contribution in [0.25, 0.3) is 0 Å². The molecule has 1 heterocycles. The van der Waals surface area contributed by atoms with Crippen molar-refractivity contribution in [3.05, 3.63) is 59.7 Å². The Kier molecular flexibility index (Phi) is 6.36. The van der Waals surface area contributed by atoms with Crippen LogP contribution in [-0.4, -0.2) is 38.8 Å². The van der Waals surface area contributed by atoms with Crippen LogP contribution in [0.3, 0.4) is 0 Å². The fourth-order valence-corrected chi connectivity index (χ4v) is 5.10. The van der Waals surface area contributed by atoms with Crippen LogP contribution >= 0.6 is 0 Å². The highest BCUT2D eigenvalue weighted by atomic mass is 32.2. The first kappa shape index (κ1) is 20.4. The predicted octanol–water partition coefficient (Wildman–Crippen LogP) is 3.18. The molecule has 1 amide bonds. The molecule has 0 aliphatic carbocycles. The fourth-order valence-electron chi connectivity index (χ4n) is 3.39. The van der Waals surface area contributed by atoms with Gasteiger partial charge in [-0.2, -0.15) is 0 Å². The molecular formula is C21H26N2O4S. The molecule has 0 radical (unpaired) electrons. The molecule has 1 aliphatic heterocycles. The molecule has 1 N–H and O–H groups in total. The minimum absolute atomic E-state index is 0.0352. The van der Waals surface area contributed by atoms with Gasteiger partial charge in [-0.05, 0) is 55.2 Å². The largest absolute Gasteiger partial charge is 0.497 e. The number of ether oxygens (including phenoxy) is 1. The van der Waals surface area contributed by atoms with Crippen LogP contribution in [0, 0.1) is 12.8 Å². The van der Waals surface area contributed by atoms with Crippen molar-refractivity contribution in [2.75, 3.05) is 25.5 Å². The summed E-state index contributed by atoms with van der Waals surface area (Å²) in [6.45, 7) is 2.59. The molecular weight excluding hydrogens is 376 g/mol. The Morgan fingerprint density at radius 3 is 2.57 bits per heavy atom. The van der Waals surface area contributed by atoms with E-state index in [-0.39, 0.29) is 24.1 Å². The summed E-state index contributed by atoms with van der Waals surface area (Å²) in [5.41, 5.74) is 2.43. The molecule has 0 unspecified atom stereocenters. The number of piperidine rings is 1. The molecule has 2 aromatic rings. The van der Waals surface area contributed by atoms with Gasteiger partial charge in [-0.1, -0.05) is 24.3 Å². The van der Waals surface area contributed by atoms with E-state index < -0.39 is 10.0 Å². The van der Waals surface area contributed by atoms with Gasteiger partial charge in [0.2, 0.25) is 15.9 Å². The van der Waals surface area contributed by atoms with E-state index in [2.05, 4.69) is 5.32 Å². The number of aryl methyl sites for hydroxylation is 1. The quantitative estimate of drug-likeness (QED) is 0.805. The van der Waals surface area contributed by atoms with E-state index in [0.717, 1.165) is 11.1 Å². The third-order valence-electron chi connectivity index (χ3n) is 5.11. The number of amides is 1. The first-order chi connectivity index (χ1) is 13.4. The second-order valence-electron chi connectivity index (χ2n) is 7.10. The number of carbonyl (C=O) groups is 1. The highest BCUT2D eigenvalue weighted by Crippen LogP contribution is 2.24. The Morgan fingerprint density at radius 2 is 1.89 bits per heavy atom. The first-order valence-corrected chi connectivity index (χ1v) is 11.0. The summed E-state index contributed by atoms with van der Waals surface area (Å²) < 4.78 is 32.3. The number of hydrogen-bond acceptors (Lipinski definition) is 4. The maximum absolute atomic E-state index is 12.9. The number of nitrogens with zero attached hydrogens (tertiary/aromatic N) is 1. The van der Waals surface area contributed by atoms with Gasteiger partial charge in [0, 0.05) is 18.8 Å². The number of anilines is 1. The number of rotatable bonds is 6. The molecule has 1 saturated heterocycles. The zero-order valence-corrected chi connectivity index (χ0v) is 17.0. The van der Waals surface area contributed by atoms with Crippen molar-refractivity contribution in [3.63, 3.8) is 0 Å². The molecule has 2 aromatic carbocycles. The van der Waals surface area contributed by atoms with Crippen molar-refractivity contribution in [1.82, 2.24) is 4.31 Å². The Hall–Kier alpha value is -2.38. The molecule has 0 saturated carbocycles. The van der Waals surface area contributed by atoms with E-state index in [1.54, 1.807) is 31.4 Å². The standard InChI is InChI=1S/C21H26N2O4S/c1-16-6-3-4-7-18(16)15-28(25,26)23-13-5-8-17(14-23)21(24)22-19-9-11-20(27-2)12-10-19/h3-4,6-7,9-12,17H,5,8,13-15H2,1-2H3,(H,22,24)/t17-/m0/s1. The lowest BCUT2D eigenvalue weighted by molar-refractivity contribution is -0.120. The zero-order chi connectivity index (χ0) is 20.1. The topological polar surface area (TPSA) is 75.7 Å². The summed E-state index contributed by atoms with van der Waals surface area (Å²) >= 11 is 0. The molecule has 3 rings (SSSR count). The molecule has 150 valence electrons. The number of nitrogens with one attached hydrogen (secondary N) is 1. The average Bonchev–Trinajstić information content (AvgIpc) is 2.70. The van der Waals surface area contributed by atoms with Gasteiger partial charge in [-0.15, -0.1) is 0 Å². The Morgan fingerprint density at radius 1 is 1.18 bits per heavy atom. The number of benzene rings is 2. The third-order valence-corrected chi connectivity index (χ3v) is 6.90. The molecule has 28 heavy (non-hydrogen) atoms. The normalized spacial score (nSPS) is 17.9. The number of hydrogen-bond donors (Lipinski definition) is 1. The van der Waals surface area contributed by atoms with Crippen molar-refractivity contribution in [1.29, 1.82) is 0 Å². The van der Waals surface area contributed by atoms with Gasteiger partial charge in [-0.25, -0.2) is 12.7 Å². The van der Waals surface area contributed by atoms with Crippen LogP contribution in [0.4, 0.5) is 5.69 Å². The molecule has 6 nitrogen and oxygen atoms in total. The highest BCUT2D eigenvalue weighted by molar-refractivity contribution is 7.88. The Bertz CT molecular complexity index is 926. The van der Waals surface area contributed by atoms with E-state index in [1.165, 1.54) is 4.31 Å². The minimum Gasteiger partial charge on any atom is -0.497 e. The molecule has 0 aromatic heterocycles. The molecule has 1 fully saturated rings. The van der Waals surface area contributed by atoms with Crippen LogP contribution in [0.15, 0.2) is 48.5 Å². The average molecular weight is 403 g/mol. The van der Waals surface area contributed by atoms with E-state index >= 15 is 0 Å². The lowest BCUT2D eigenvalue weighted by atomic mass is 9.99. The van der Waals surface area contributed by atoms with Crippen LogP contribution in [0.2, 0.25) is 0 Å². The van der Waals surface area contributed by atoms with E-state index in [4.69, 9.17) is 4.74 Å². The third kappa shape index (κ3) is 4.91. The van der Waals surface area contributed by atoms with Crippen molar-refractivity contribution in [2.24, 2.45) is 5.92 Å². The van der Waals surface area contributed by atoms with Crippen LogP contribution in [0.1, 0.15) is 24.0 Å². The lowest BCUT2D eigenvalue weighted by Gasteiger charge is -2.31. The van der Waals surface area contributed by atoms with Crippen molar-refractivity contribution in [3.8, 4) is 5.75 Å². The predicted molar refractivity (Wildman–Crippen MR) is 110 cm³/mol. The summed E-state index contributed by atoms with van der Waals surface area (Å²) in [4.78, 5) is 12.6. The van der Waals surface area contributed by atoms with Gasteiger partial charge < -0.3 is 10.1 Å². The fraction of sp³-hybridized carbons (Fsp3) is 0.381. The number of carbonyl (C=O) groups excluding carboxylic acids is 1. The maximum Gasteiger partial charge on any atom is 0.228 e. The van der Waals surface area contributed by atoms with E-state index in [1.807, 2.05) is 31.2 Å². The highest BCUT2D eigenvalue weighted by Gasteiger charge is 2.32. The van der Waals surface area contributed by atoms with Gasteiger partial charge in [0.15, 0.2) is 0 Å². The van der Waals surface area contributed by atoms with Crippen LogP contribution < -0.4 is 10.1 Å². The lowest BCUT2D eigenvalue weighted by Crippen LogP contribution is -2.44. The summed E-state index contributed by atoms with van der Waals surface area (Å²) in [5.74, 6) is 0.166. The smallest absolute Gasteiger partial charge is 0.228 e. The summed E-state index contributed by atoms with van der Waals surface area (Å²) in [5, 5.41) is 2.88.